The minimum absolute atomic E-state index is 0.133. The van der Waals surface area contributed by atoms with Gasteiger partial charge in [-0.15, -0.1) is 0 Å². The van der Waals surface area contributed by atoms with Crippen LogP contribution in [0.15, 0.2) is 48.5 Å². The van der Waals surface area contributed by atoms with Gasteiger partial charge >= 0.3 is 5.97 Å². The molecule has 0 heterocycles. The number of hydrazine groups is 3. The number of carbonyl (C=O) groups excluding carboxylic acids is 3. The van der Waals surface area contributed by atoms with Gasteiger partial charge in [-0.05, 0) is 42.5 Å². The third-order valence-corrected chi connectivity index (χ3v) is 3.17. The third-order valence-electron chi connectivity index (χ3n) is 3.17. The van der Waals surface area contributed by atoms with E-state index in [9.17, 15) is 19.2 Å². The van der Waals surface area contributed by atoms with Crippen LogP contribution in [-0.4, -0.2) is 28.8 Å². The van der Waals surface area contributed by atoms with E-state index in [1.807, 2.05) is 16.3 Å². The molecule has 0 spiro atoms. The van der Waals surface area contributed by atoms with Gasteiger partial charge in [-0.25, -0.2) is 22.3 Å². The molecule has 2 rings (SSSR count). The molecule has 11 nitrogen and oxygen atoms in total. The molecule has 3 amide bonds. The SMILES string of the molecule is NNC(=O)c1ccc(C(=O)O)cc1.NNC(=O)c1cccc(C(=O)NN)c1. The first-order valence-corrected chi connectivity index (χ1v) is 7.30. The van der Waals surface area contributed by atoms with E-state index in [0.717, 1.165) is 0 Å². The normalized spacial score (nSPS) is 9.30. The second-order valence-electron chi connectivity index (χ2n) is 4.88. The van der Waals surface area contributed by atoms with Crippen molar-refractivity contribution < 1.29 is 24.3 Å². The van der Waals surface area contributed by atoms with Crippen LogP contribution in [0.3, 0.4) is 0 Å². The predicted octanol–water partition coefficient (Wildman–Crippen LogP) is -1.12. The van der Waals surface area contributed by atoms with E-state index in [0.29, 0.717) is 16.7 Å². The maximum absolute atomic E-state index is 11.1. The maximum atomic E-state index is 11.1. The molecule has 0 fully saturated rings. The molecule has 11 heteroatoms. The van der Waals surface area contributed by atoms with Crippen molar-refractivity contribution in [1.29, 1.82) is 0 Å². The molecule has 0 atom stereocenters. The van der Waals surface area contributed by atoms with Crippen molar-refractivity contribution in [2.75, 3.05) is 0 Å². The number of nitrogens with two attached hydrogens (primary N) is 3. The summed E-state index contributed by atoms with van der Waals surface area (Å²) < 4.78 is 0. The zero-order chi connectivity index (χ0) is 20.4. The summed E-state index contributed by atoms with van der Waals surface area (Å²) in [5, 5.41) is 8.55. The lowest BCUT2D eigenvalue weighted by Gasteiger charge is -2.02. The van der Waals surface area contributed by atoms with Crippen LogP contribution < -0.4 is 33.8 Å². The van der Waals surface area contributed by atoms with Crippen molar-refractivity contribution in [1.82, 2.24) is 16.3 Å². The second-order valence-corrected chi connectivity index (χ2v) is 4.88. The van der Waals surface area contributed by atoms with Gasteiger partial charge in [-0.3, -0.25) is 30.7 Å². The summed E-state index contributed by atoms with van der Waals surface area (Å²) in [5.41, 5.74) is 6.93. The zero-order valence-electron chi connectivity index (χ0n) is 13.9. The molecule has 27 heavy (non-hydrogen) atoms. The molecule has 0 saturated heterocycles. The van der Waals surface area contributed by atoms with Crippen LogP contribution in [0, 0.1) is 0 Å². The monoisotopic (exact) mass is 374 g/mol. The zero-order valence-corrected chi connectivity index (χ0v) is 13.9. The first-order chi connectivity index (χ1) is 12.8. The molecule has 2 aromatic rings. The van der Waals surface area contributed by atoms with Crippen LogP contribution in [0.2, 0.25) is 0 Å². The number of aromatic carboxylic acids is 1. The van der Waals surface area contributed by atoms with Gasteiger partial charge in [0.15, 0.2) is 0 Å². The number of amides is 3. The molecule has 0 aromatic heterocycles. The standard InChI is InChI=1S/C8H10N4O2.C8H8N2O3/c9-11-7(13)5-2-1-3-6(4-5)8(14)12-10;9-10-7(11)5-1-3-6(4-2-5)8(12)13/h1-4H,9-10H2,(H,11,13)(H,12,14);1-4H,9H2,(H,10,11)(H,12,13). The van der Waals surface area contributed by atoms with Gasteiger partial charge in [0, 0.05) is 16.7 Å². The van der Waals surface area contributed by atoms with Gasteiger partial charge in [0.05, 0.1) is 5.56 Å². The quantitative estimate of drug-likeness (QED) is 0.198. The summed E-state index contributed by atoms with van der Waals surface area (Å²) in [7, 11) is 0. The number of benzene rings is 2. The topological polar surface area (TPSA) is 203 Å². The van der Waals surface area contributed by atoms with Crippen LogP contribution >= 0.6 is 0 Å². The number of nitrogen functional groups attached to an aromatic ring is 3. The van der Waals surface area contributed by atoms with Gasteiger partial charge in [-0.2, -0.15) is 0 Å². The Morgan fingerprint density at radius 3 is 1.37 bits per heavy atom. The molecular formula is C16H18N6O5. The Morgan fingerprint density at radius 2 is 1.00 bits per heavy atom. The van der Waals surface area contributed by atoms with Crippen molar-refractivity contribution >= 4 is 23.7 Å². The fourth-order valence-corrected chi connectivity index (χ4v) is 1.82. The maximum Gasteiger partial charge on any atom is 0.335 e. The summed E-state index contributed by atoms with van der Waals surface area (Å²) >= 11 is 0. The lowest BCUT2D eigenvalue weighted by atomic mass is 10.1. The summed E-state index contributed by atoms with van der Waals surface area (Å²) in [5.74, 6) is 12.4. The molecule has 0 radical (unpaired) electrons. The third kappa shape index (κ3) is 6.21. The molecule has 0 saturated carbocycles. The molecule has 0 aliphatic rings. The van der Waals surface area contributed by atoms with E-state index in [4.69, 9.17) is 22.6 Å². The summed E-state index contributed by atoms with van der Waals surface area (Å²) in [6.45, 7) is 0. The average Bonchev–Trinajstić information content (AvgIpc) is 2.72. The highest BCUT2D eigenvalue weighted by molar-refractivity contribution is 5.99. The number of hydrogen-bond acceptors (Lipinski definition) is 7. The Hall–Kier alpha value is -3.80. The van der Waals surface area contributed by atoms with Crippen LogP contribution in [-0.2, 0) is 0 Å². The fourth-order valence-electron chi connectivity index (χ4n) is 1.82. The number of carbonyl (C=O) groups is 4. The number of rotatable bonds is 4. The van der Waals surface area contributed by atoms with E-state index in [-0.39, 0.29) is 5.56 Å². The Morgan fingerprint density at radius 1 is 0.630 bits per heavy atom. The van der Waals surface area contributed by atoms with Crippen LogP contribution in [0.5, 0.6) is 0 Å². The fraction of sp³-hybridized carbons (Fsp3) is 0. The first-order valence-electron chi connectivity index (χ1n) is 7.30. The van der Waals surface area contributed by atoms with Crippen LogP contribution in [0.1, 0.15) is 41.4 Å². The van der Waals surface area contributed by atoms with Gasteiger partial charge < -0.3 is 5.11 Å². The highest BCUT2D eigenvalue weighted by Gasteiger charge is 2.08. The summed E-state index contributed by atoms with van der Waals surface area (Å²) in [6.07, 6.45) is 0. The minimum Gasteiger partial charge on any atom is -0.478 e. The van der Waals surface area contributed by atoms with Crippen molar-refractivity contribution in [2.24, 2.45) is 17.5 Å². The van der Waals surface area contributed by atoms with Crippen LogP contribution in [0.4, 0.5) is 0 Å². The molecule has 0 unspecified atom stereocenters. The molecule has 142 valence electrons. The molecule has 2 aromatic carbocycles. The van der Waals surface area contributed by atoms with Crippen molar-refractivity contribution in [2.45, 2.75) is 0 Å². The molecule has 0 aliphatic carbocycles. The minimum atomic E-state index is -1.03. The highest BCUT2D eigenvalue weighted by atomic mass is 16.4. The van der Waals surface area contributed by atoms with Gasteiger partial charge in [-0.1, -0.05) is 6.07 Å². The molecule has 10 N–H and O–H groups in total. The van der Waals surface area contributed by atoms with Crippen LogP contribution in [0.25, 0.3) is 0 Å². The Balaban J connectivity index is 0.000000271. The Labute approximate surface area is 153 Å². The van der Waals surface area contributed by atoms with E-state index in [1.165, 1.54) is 42.5 Å². The lowest BCUT2D eigenvalue weighted by molar-refractivity contribution is 0.0695. The highest BCUT2D eigenvalue weighted by Crippen LogP contribution is 2.05. The van der Waals surface area contributed by atoms with Crippen molar-refractivity contribution in [3.63, 3.8) is 0 Å². The Kier molecular flexibility index (Phi) is 8.06. The van der Waals surface area contributed by atoms with E-state index < -0.39 is 23.7 Å². The van der Waals surface area contributed by atoms with Gasteiger partial charge in [0.25, 0.3) is 17.7 Å². The second kappa shape index (κ2) is 10.2. The molecular weight excluding hydrogens is 356 g/mol. The largest absolute Gasteiger partial charge is 0.478 e. The summed E-state index contributed by atoms with van der Waals surface area (Å²) in [6, 6.07) is 11.5. The average molecular weight is 374 g/mol. The molecule has 0 aliphatic heterocycles. The lowest BCUT2D eigenvalue weighted by Crippen LogP contribution is -2.32. The van der Waals surface area contributed by atoms with E-state index in [1.54, 1.807) is 6.07 Å². The number of carboxylic acids is 1. The number of carboxylic acid groups (broad SMARTS) is 1. The number of nitrogens with one attached hydrogen (secondary N) is 3. The van der Waals surface area contributed by atoms with Gasteiger partial charge in [0.1, 0.15) is 0 Å². The first kappa shape index (κ1) is 21.2. The molecule has 0 bridgehead atoms. The van der Waals surface area contributed by atoms with Crippen molar-refractivity contribution in [3.8, 4) is 0 Å². The van der Waals surface area contributed by atoms with Crippen molar-refractivity contribution in [3.05, 3.63) is 70.8 Å². The van der Waals surface area contributed by atoms with E-state index >= 15 is 0 Å². The van der Waals surface area contributed by atoms with E-state index in [2.05, 4.69) is 0 Å². The smallest absolute Gasteiger partial charge is 0.335 e. The Bertz CT molecular complexity index is 806. The van der Waals surface area contributed by atoms with Gasteiger partial charge in [0.2, 0.25) is 0 Å². The predicted molar refractivity (Wildman–Crippen MR) is 94.8 cm³/mol. The summed E-state index contributed by atoms with van der Waals surface area (Å²) in [4.78, 5) is 43.5. The number of hydrogen-bond donors (Lipinski definition) is 7.